The number of amides is 1. The van der Waals surface area contributed by atoms with Crippen molar-refractivity contribution in [1.29, 1.82) is 0 Å². The van der Waals surface area contributed by atoms with Crippen molar-refractivity contribution in [3.63, 3.8) is 0 Å². The Bertz CT molecular complexity index is 287. The lowest BCUT2D eigenvalue weighted by atomic mass is 10.2. The minimum absolute atomic E-state index is 0.279. The van der Waals surface area contributed by atoms with Gasteiger partial charge in [-0.2, -0.15) is 0 Å². The van der Waals surface area contributed by atoms with Crippen LogP contribution < -0.4 is 11.1 Å². The van der Waals surface area contributed by atoms with Gasteiger partial charge in [-0.25, -0.2) is 0 Å². The second kappa shape index (κ2) is 5.34. The standard InChI is InChI=1S/C10H15N3O/c1-8(10(11)14)12-7-5-9-4-2-3-6-13-9/h2-4,6,8,12H,5,7H2,1H3,(H2,11,14). The summed E-state index contributed by atoms with van der Waals surface area (Å²) in [5, 5.41) is 3.02. The molecule has 4 heteroatoms. The Morgan fingerprint density at radius 1 is 1.64 bits per heavy atom. The van der Waals surface area contributed by atoms with Crippen LogP contribution in [0.15, 0.2) is 24.4 Å². The average molecular weight is 193 g/mol. The Kier molecular flexibility index (Phi) is 4.07. The zero-order chi connectivity index (χ0) is 10.4. The molecule has 0 spiro atoms. The average Bonchev–Trinajstić information content (AvgIpc) is 2.19. The summed E-state index contributed by atoms with van der Waals surface area (Å²) in [7, 11) is 0. The molecule has 76 valence electrons. The molecular formula is C10H15N3O. The number of aromatic nitrogens is 1. The highest BCUT2D eigenvalue weighted by atomic mass is 16.1. The van der Waals surface area contributed by atoms with E-state index in [1.165, 1.54) is 0 Å². The maximum Gasteiger partial charge on any atom is 0.234 e. The number of carbonyl (C=O) groups is 1. The molecule has 14 heavy (non-hydrogen) atoms. The molecule has 4 nitrogen and oxygen atoms in total. The second-order valence-electron chi connectivity index (χ2n) is 3.15. The maximum absolute atomic E-state index is 10.7. The number of rotatable bonds is 5. The largest absolute Gasteiger partial charge is 0.368 e. The molecule has 1 atom stereocenters. The predicted molar refractivity (Wildman–Crippen MR) is 54.6 cm³/mol. The molecule has 0 radical (unpaired) electrons. The van der Waals surface area contributed by atoms with Gasteiger partial charge in [-0.15, -0.1) is 0 Å². The molecular weight excluding hydrogens is 178 g/mol. The van der Waals surface area contributed by atoms with Crippen molar-refractivity contribution in [3.05, 3.63) is 30.1 Å². The van der Waals surface area contributed by atoms with Gasteiger partial charge in [0.2, 0.25) is 5.91 Å². The highest BCUT2D eigenvalue weighted by Gasteiger charge is 2.06. The van der Waals surface area contributed by atoms with Gasteiger partial charge < -0.3 is 11.1 Å². The van der Waals surface area contributed by atoms with E-state index in [0.29, 0.717) is 6.54 Å². The molecule has 1 amide bonds. The Labute approximate surface area is 83.5 Å². The van der Waals surface area contributed by atoms with Crippen molar-refractivity contribution in [2.75, 3.05) is 6.54 Å². The zero-order valence-electron chi connectivity index (χ0n) is 8.23. The van der Waals surface area contributed by atoms with Crippen molar-refractivity contribution in [3.8, 4) is 0 Å². The van der Waals surface area contributed by atoms with Crippen LogP contribution in [0.5, 0.6) is 0 Å². The smallest absolute Gasteiger partial charge is 0.234 e. The van der Waals surface area contributed by atoms with Gasteiger partial charge in [0.05, 0.1) is 6.04 Å². The molecule has 1 aromatic rings. The zero-order valence-corrected chi connectivity index (χ0v) is 8.23. The summed E-state index contributed by atoms with van der Waals surface area (Å²) >= 11 is 0. The quantitative estimate of drug-likeness (QED) is 0.696. The Balaban J connectivity index is 2.26. The first-order valence-corrected chi connectivity index (χ1v) is 4.63. The van der Waals surface area contributed by atoms with Gasteiger partial charge in [0.15, 0.2) is 0 Å². The molecule has 1 heterocycles. The summed E-state index contributed by atoms with van der Waals surface area (Å²) in [6.45, 7) is 2.46. The molecule has 0 saturated heterocycles. The molecule has 3 N–H and O–H groups in total. The van der Waals surface area contributed by atoms with Crippen molar-refractivity contribution in [2.45, 2.75) is 19.4 Å². The number of hydrogen-bond donors (Lipinski definition) is 2. The normalized spacial score (nSPS) is 12.4. The first kappa shape index (κ1) is 10.7. The molecule has 0 fully saturated rings. The van der Waals surface area contributed by atoms with Crippen LogP contribution in [-0.4, -0.2) is 23.5 Å². The molecule has 0 aromatic carbocycles. The molecule has 1 rings (SSSR count). The summed E-state index contributed by atoms with van der Waals surface area (Å²) < 4.78 is 0. The number of nitrogens with one attached hydrogen (secondary N) is 1. The van der Waals surface area contributed by atoms with Crippen LogP contribution in [0.25, 0.3) is 0 Å². The van der Waals surface area contributed by atoms with Crippen molar-refractivity contribution in [1.82, 2.24) is 10.3 Å². The third-order valence-electron chi connectivity index (χ3n) is 1.98. The fourth-order valence-corrected chi connectivity index (χ4v) is 1.06. The van der Waals surface area contributed by atoms with E-state index in [9.17, 15) is 4.79 Å². The third kappa shape index (κ3) is 3.53. The van der Waals surface area contributed by atoms with Crippen molar-refractivity contribution >= 4 is 5.91 Å². The van der Waals surface area contributed by atoms with Gasteiger partial charge >= 0.3 is 0 Å². The van der Waals surface area contributed by atoms with Crippen LogP contribution in [0, 0.1) is 0 Å². The van der Waals surface area contributed by atoms with E-state index in [1.807, 2.05) is 18.2 Å². The molecule has 0 aliphatic carbocycles. The van der Waals surface area contributed by atoms with Gasteiger partial charge in [0.1, 0.15) is 0 Å². The predicted octanol–water partition coefficient (Wildman–Crippen LogP) is 0.0875. The van der Waals surface area contributed by atoms with E-state index in [4.69, 9.17) is 5.73 Å². The van der Waals surface area contributed by atoms with E-state index in [2.05, 4.69) is 10.3 Å². The Morgan fingerprint density at radius 2 is 2.43 bits per heavy atom. The minimum Gasteiger partial charge on any atom is -0.368 e. The Hall–Kier alpha value is -1.42. The van der Waals surface area contributed by atoms with Gasteiger partial charge in [0, 0.05) is 24.9 Å². The topological polar surface area (TPSA) is 68.0 Å². The number of hydrogen-bond acceptors (Lipinski definition) is 3. The van der Waals surface area contributed by atoms with Crippen molar-refractivity contribution in [2.24, 2.45) is 5.73 Å². The molecule has 1 aromatic heterocycles. The highest BCUT2D eigenvalue weighted by Crippen LogP contribution is 1.93. The number of pyridine rings is 1. The number of nitrogens with two attached hydrogens (primary N) is 1. The third-order valence-corrected chi connectivity index (χ3v) is 1.98. The van der Waals surface area contributed by atoms with Crippen molar-refractivity contribution < 1.29 is 4.79 Å². The first-order valence-electron chi connectivity index (χ1n) is 4.63. The molecule has 0 aliphatic rings. The molecule has 0 saturated carbocycles. The summed E-state index contributed by atoms with van der Waals surface area (Å²) in [5.74, 6) is -0.328. The minimum atomic E-state index is -0.328. The molecule has 1 unspecified atom stereocenters. The number of primary amides is 1. The number of nitrogens with zero attached hydrogens (tertiary/aromatic N) is 1. The monoisotopic (exact) mass is 193 g/mol. The van der Waals surface area contributed by atoms with Crippen LogP contribution >= 0.6 is 0 Å². The SMILES string of the molecule is CC(NCCc1ccccn1)C(N)=O. The summed E-state index contributed by atoms with van der Waals surface area (Å²) in [6.07, 6.45) is 2.56. The van der Waals surface area contributed by atoms with Crippen LogP contribution in [0.1, 0.15) is 12.6 Å². The van der Waals surface area contributed by atoms with Gasteiger partial charge in [-0.05, 0) is 19.1 Å². The highest BCUT2D eigenvalue weighted by molar-refractivity contribution is 5.79. The van der Waals surface area contributed by atoms with E-state index in [1.54, 1.807) is 13.1 Å². The lowest BCUT2D eigenvalue weighted by molar-refractivity contribution is -0.119. The summed E-state index contributed by atoms with van der Waals surface area (Å²) in [4.78, 5) is 14.9. The van der Waals surface area contributed by atoms with Crippen LogP contribution in [0.2, 0.25) is 0 Å². The lowest BCUT2D eigenvalue weighted by Gasteiger charge is -2.08. The molecule has 0 bridgehead atoms. The second-order valence-corrected chi connectivity index (χ2v) is 3.15. The summed E-state index contributed by atoms with van der Waals surface area (Å²) in [6, 6.07) is 5.50. The first-order chi connectivity index (χ1) is 6.70. The summed E-state index contributed by atoms with van der Waals surface area (Å²) in [5.41, 5.74) is 6.11. The fraction of sp³-hybridized carbons (Fsp3) is 0.400. The van der Waals surface area contributed by atoms with Gasteiger partial charge in [-0.1, -0.05) is 6.07 Å². The van der Waals surface area contributed by atoms with Crippen LogP contribution in [0.3, 0.4) is 0 Å². The number of carbonyl (C=O) groups excluding carboxylic acids is 1. The van der Waals surface area contributed by atoms with Crippen LogP contribution in [-0.2, 0) is 11.2 Å². The van der Waals surface area contributed by atoms with E-state index >= 15 is 0 Å². The fourth-order valence-electron chi connectivity index (χ4n) is 1.06. The van der Waals surface area contributed by atoms with Crippen LogP contribution in [0.4, 0.5) is 0 Å². The Morgan fingerprint density at radius 3 is 3.00 bits per heavy atom. The van der Waals surface area contributed by atoms with E-state index in [0.717, 1.165) is 12.1 Å². The van der Waals surface area contributed by atoms with E-state index < -0.39 is 0 Å². The van der Waals surface area contributed by atoms with E-state index in [-0.39, 0.29) is 11.9 Å². The lowest BCUT2D eigenvalue weighted by Crippen LogP contribution is -2.39. The molecule has 0 aliphatic heterocycles. The van der Waals surface area contributed by atoms with Gasteiger partial charge in [0.25, 0.3) is 0 Å². The van der Waals surface area contributed by atoms with Gasteiger partial charge in [-0.3, -0.25) is 9.78 Å². The maximum atomic E-state index is 10.7.